The van der Waals surface area contributed by atoms with E-state index in [-0.39, 0.29) is 22.6 Å². The van der Waals surface area contributed by atoms with Crippen LogP contribution >= 0.6 is 15.9 Å². The molecular formula is C36H42BrN5O4Si. The minimum absolute atomic E-state index is 0.0212. The first kappa shape index (κ1) is 33.3. The summed E-state index contributed by atoms with van der Waals surface area (Å²) >= 11 is 4.04. The van der Waals surface area contributed by atoms with E-state index in [0.29, 0.717) is 17.0 Å². The van der Waals surface area contributed by atoms with Gasteiger partial charge < -0.3 is 24.4 Å². The lowest BCUT2D eigenvalue weighted by Gasteiger charge is -2.40. The van der Waals surface area contributed by atoms with Crippen LogP contribution in [0.15, 0.2) is 97.6 Å². The van der Waals surface area contributed by atoms with Crippen molar-refractivity contribution in [2.45, 2.75) is 67.8 Å². The van der Waals surface area contributed by atoms with Gasteiger partial charge in [0.2, 0.25) is 0 Å². The molecule has 0 radical (unpaired) electrons. The molecule has 1 aliphatic heterocycles. The van der Waals surface area contributed by atoms with Crippen LogP contribution in [0.25, 0.3) is 11.2 Å². The van der Waals surface area contributed by atoms with E-state index in [0.717, 1.165) is 22.4 Å². The average molecular weight is 717 g/mol. The summed E-state index contributed by atoms with van der Waals surface area (Å²) in [5, 5.41) is -0.0212. The van der Waals surface area contributed by atoms with Crippen LogP contribution in [-0.4, -0.2) is 58.6 Å². The third-order valence-corrected chi connectivity index (χ3v) is 15.1. The van der Waals surface area contributed by atoms with E-state index < -0.39 is 26.3 Å². The van der Waals surface area contributed by atoms with Crippen LogP contribution < -0.4 is 10.5 Å². The van der Waals surface area contributed by atoms with Crippen LogP contribution in [0.4, 0.5) is 5.82 Å². The Kier molecular flexibility index (Phi) is 9.29. The summed E-state index contributed by atoms with van der Waals surface area (Å²) in [7, 11) is -0.585. The topological polar surface area (TPSA) is 107 Å². The first-order valence-electron chi connectivity index (χ1n) is 15.8. The highest BCUT2D eigenvalue weighted by Gasteiger charge is 2.51. The minimum Gasteiger partial charge on any atom is -0.497 e. The fourth-order valence-electron chi connectivity index (χ4n) is 5.88. The summed E-state index contributed by atoms with van der Waals surface area (Å²) in [4.78, 5) is 13.0. The molecule has 9 nitrogen and oxygen atoms in total. The molecule has 0 saturated carbocycles. The molecule has 47 heavy (non-hydrogen) atoms. The Bertz CT molecular complexity index is 1760. The Morgan fingerprint density at radius 3 is 2.04 bits per heavy atom. The molecule has 4 atom stereocenters. The highest BCUT2D eigenvalue weighted by Crippen LogP contribution is 2.46. The Labute approximate surface area is 285 Å². The van der Waals surface area contributed by atoms with Gasteiger partial charge in [-0.15, -0.1) is 0 Å². The fraction of sp³-hybridized carbons (Fsp3) is 0.361. The number of rotatable bonds is 10. The van der Waals surface area contributed by atoms with Gasteiger partial charge in [-0.2, -0.15) is 0 Å². The van der Waals surface area contributed by atoms with Gasteiger partial charge >= 0.3 is 0 Å². The molecule has 1 aliphatic rings. The number of benzene rings is 3. The molecule has 0 bridgehead atoms. The van der Waals surface area contributed by atoms with Crippen molar-refractivity contribution < 1.29 is 18.6 Å². The minimum atomic E-state index is -2.25. The molecule has 1 fully saturated rings. The highest BCUT2D eigenvalue weighted by molar-refractivity contribution is 9.09. The van der Waals surface area contributed by atoms with Crippen molar-refractivity contribution in [2.75, 3.05) is 19.5 Å². The Morgan fingerprint density at radius 1 is 0.872 bits per heavy atom. The predicted octanol–water partition coefficient (Wildman–Crippen LogP) is 7.48. The van der Waals surface area contributed by atoms with E-state index >= 15 is 0 Å². The highest BCUT2D eigenvalue weighted by atomic mass is 79.9. The van der Waals surface area contributed by atoms with Crippen molar-refractivity contribution in [1.82, 2.24) is 19.5 Å². The number of nitrogen functional groups attached to an aromatic ring is 1. The second-order valence-corrected chi connectivity index (χ2v) is 19.2. The maximum Gasteiger partial charge on any atom is 0.192 e. The number of alkyl halides is 1. The second-order valence-electron chi connectivity index (χ2n) is 13.4. The zero-order chi connectivity index (χ0) is 33.4. The first-order valence-corrected chi connectivity index (χ1v) is 19.6. The van der Waals surface area contributed by atoms with Crippen LogP contribution in [0.3, 0.4) is 0 Å². The van der Waals surface area contributed by atoms with E-state index in [1.807, 2.05) is 53.1 Å². The number of nitrogens with zero attached hydrogens (tertiary/aromatic N) is 4. The molecule has 0 aliphatic carbocycles. The van der Waals surface area contributed by atoms with Crippen molar-refractivity contribution in [2.24, 2.45) is 0 Å². The lowest BCUT2D eigenvalue weighted by molar-refractivity contribution is -0.0836. The smallest absolute Gasteiger partial charge is 0.192 e. The van der Waals surface area contributed by atoms with Gasteiger partial charge in [-0.05, 0) is 47.0 Å². The van der Waals surface area contributed by atoms with Gasteiger partial charge in [0.1, 0.15) is 29.3 Å². The Balaban J connectivity index is 1.42. The Morgan fingerprint density at radius 2 is 1.47 bits per heavy atom. The van der Waals surface area contributed by atoms with Gasteiger partial charge in [-0.3, -0.25) is 4.57 Å². The molecule has 0 spiro atoms. The molecule has 0 unspecified atom stereocenters. The SMILES string of the molecule is COc1ccc(C(OC[C@H]2O[C@@H](n3cnc4c(N)ncnc43)[C@H](O[Si](C)(C)C(C)(C)C)[C@H]2Br)(c2ccccc2)c2ccccc2)cc1. The summed E-state index contributed by atoms with van der Waals surface area (Å²) in [6.07, 6.45) is 1.87. The molecule has 3 heterocycles. The standard InChI is InChI=1S/C36H42BrN5O4Si/c1-35(2,3)47(5,6)46-31-29(37)28(45-34(31)42-23-41-30-32(38)39-22-40-33(30)42)21-44-36(24-13-9-7-10-14-24,25-15-11-8-12-16-25)26-17-19-27(43-4)20-18-26/h7-20,22-23,28-29,31,34H,21H2,1-6H3,(H2,38,39,40)/t28-,29+,31-,34-/m1/s1. The second kappa shape index (κ2) is 13.1. The quantitative estimate of drug-likeness (QED) is 0.0902. The molecule has 5 aromatic rings. The van der Waals surface area contributed by atoms with Crippen molar-refractivity contribution in [1.29, 1.82) is 0 Å². The third-order valence-electron chi connectivity index (χ3n) is 9.48. The molecule has 246 valence electrons. The van der Waals surface area contributed by atoms with Gasteiger partial charge in [-0.25, -0.2) is 15.0 Å². The first-order chi connectivity index (χ1) is 22.5. The van der Waals surface area contributed by atoms with Gasteiger partial charge in [-0.1, -0.05) is 109 Å². The van der Waals surface area contributed by atoms with Gasteiger partial charge in [0.25, 0.3) is 0 Å². The van der Waals surface area contributed by atoms with Crippen molar-refractivity contribution >= 4 is 41.2 Å². The number of anilines is 1. The monoisotopic (exact) mass is 715 g/mol. The number of aromatic nitrogens is 4. The molecule has 2 aromatic heterocycles. The van der Waals surface area contributed by atoms with Crippen molar-refractivity contribution in [3.8, 4) is 5.75 Å². The van der Waals surface area contributed by atoms with E-state index in [9.17, 15) is 0 Å². The van der Waals surface area contributed by atoms with Crippen LogP contribution in [-0.2, 0) is 19.5 Å². The molecular weight excluding hydrogens is 674 g/mol. The lowest BCUT2D eigenvalue weighted by Crippen LogP contribution is -2.47. The number of nitrogens with two attached hydrogens (primary N) is 1. The number of hydrogen-bond donors (Lipinski definition) is 1. The summed E-state index contributed by atoms with van der Waals surface area (Å²) in [6, 6.07) is 28.7. The van der Waals surface area contributed by atoms with Crippen LogP contribution in [0, 0.1) is 0 Å². The van der Waals surface area contributed by atoms with Gasteiger partial charge in [0.15, 0.2) is 26.0 Å². The fourth-order valence-corrected chi connectivity index (χ4v) is 8.02. The van der Waals surface area contributed by atoms with Crippen LogP contribution in [0.2, 0.25) is 18.1 Å². The number of fused-ring (bicyclic) bond motifs is 1. The molecule has 3 aromatic carbocycles. The normalized spacial score (nSPS) is 20.5. The number of ether oxygens (including phenoxy) is 3. The summed E-state index contributed by atoms with van der Waals surface area (Å²) < 4.78 is 28.6. The molecule has 0 amide bonds. The Hall–Kier alpha value is -3.61. The third kappa shape index (κ3) is 6.22. The van der Waals surface area contributed by atoms with Gasteiger partial charge in [0.05, 0.1) is 31.0 Å². The maximum atomic E-state index is 7.22. The molecule has 11 heteroatoms. The van der Waals surface area contributed by atoms with E-state index in [2.05, 4.69) is 101 Å². The number of methoxy groups -OCH3 is 1. The summed E-state index contributed by atoms with van der Waals surface area (Å²) in [5.41, 5.74) is 9.31. The van der Waals surface area contributed by atoms with E-state index in [1.165, 1.54) is 6.33 Å². The number of imidazole rings is 1. The largest absolute Gasteiger partial charge is 0.497 e. The lowest BCUT2D eigenvalue weighted by atomic mass is 9.80. The number of hydrogen-bond acceptors (Lipinski definition) is 8. The average Bonchev–Trinajstić information content (AvgIpc) is 3.63. The molecule has 6 rings (SSSR count). The van der Waals surface area contributed by atoms with Crippen molar-refractivity contribution in [3.05, 3.63) is 114 Å². The number of halogens is 1. The zero-order valence-electron chi connectivity index (χ0n) is 27.6. The summed E-state index contributed by atoms with van der Waals surface area (Å²) in [6.45, 7) is 11.5. The molecule has 2 N–H and O–H groups in total. The van der Waals surface area contributed by atoms with E-state index in [4.69, 9.17) is 24.4 Å². The van der Waals surface area contributed by atoms with E-state index in [1.54, 1.807) is 13.4 Å². The maximum absolute atomic E-state index is 7.22. The van der Waals surface area contributed by atoms with Gasteiger partial charge in [0, 0.05) is 0 Å². The molecule has 1 saturated heterocycles. The van der Waals surface area contributed by atoms with Crippen LogP contribution in [0.1, 0.15) is 43.7 Å². The van der Waals surface area contributed by atoms with Crippen molar-refractivity contribution in [3.63, 3.8) is 0 Å². The predicted molar refractivity (Wildman–Crippen MR) is 190 cm³/mol. The van der Waals surface area contributed by atoms with Crippen LogP contribution in [0.5, 0.6) is 5.75 Å². The zero-order valence-corrected chi connectivity index (χ0v) is 30.2. The summed E-state index contributed by atoms with van der Waals surface area (Å²) in [5.74, 6) is 1.09.